The van der Waals surface area contributed by atoms with Gasteiger partial charge < -0.3 is 30.3 Å². The largest absolute Gasteiger partial charge is 0.496 e. The van der Waals surface area contributed by atoms with Crippen molar-refractivity contribution in [3.63, 3.8) is 0 Å². The third kappa shape index (κ3) is 10.9. The minimum absolute atomic E-state index is 0. The number of para-hydroxylation sites is 1. The van der Waals surface area contributed by atoms with Crippen LogP contribution in [-0.4, -0.2) is 70.4 Å². The highest BCUT2D eigenvalue weighted by Gasteiger charge is 2.18. The number of benzene rings is 1. The fraction of sp³-hybridized carbons (Fsp3) is 0.619. The molecule has 0 saturated heterocycles. The Morgan fingerprint density at radius 1 is 1.13 bits per heavy atom. The maximum absolute atomic E-state index is 11.6. The lowest BCUT2D eigenvalue weighted by molar-refractivity contribution is 0.0527. The molecule has 0 bridgehead atoms. The van der Waals surface area contributed by atoms with Crippen molar-refractivity contribution in [3.05, 3.63) is 29.8 Å². The second-order valence-electron chi connectivity index (χ2n) is 7.88. The van der Waals surface area contributed by atoms with Crippen molar-refractivity contribution in [3.8, 4) is 5.75 Å². The number of aliphatic imine (C=N–C) groups is 1. The molecule has 0 heterocycles. The average Bonchev–Trinajstić information content (AvgIpc) is 2.64. The Hall–Kier alpha value is -1.75. The van der Waals surface area contributed by atoms with Gasteiger partial charge in [0.15, 0.2) is 5.96 Å². The number of carbonyl (C=O) groups is 1. The number of ether oxygens (including phenoxy) is 2. The van der Waals surface area contributed by atoms with Gasteiger partial charge in [-0.05, 0) is 47.4 Å². The van der Waals surface area contributed by atoms with E-state index in [0.29, 0.717) is 25.6 Å². The fourth-order valence-corrected chi connectivity index (χ4v) is 2.73. The van der Waals surface area contributed by atoms with Crippen LogP contribution in [0.15, 0.2) is 29.3 Å². The Bertz CT molecular complexity index is 662. The molecule has 0 fully saturated rings. The molecule has 30 heavy (non-hydrogen) atoms. The number of guanidine groups is 1. The summed E-state index contributed by atoms with van der Waals surface area (Å²) in [5, 5.41) is 9.37. The number of hydrogen-bond acceptors (Lipinski definition) is 5. The van der Waals surface area contributed by atoms with Gasteiger partial charge >= 0.3 is 6.09 Å². The molecule has 0 spiro atoms. The predicted octanol–water partition coefficient (Wildman–Crippen LogP) is 3.00. The summed E-state index contributed by atoms with van der Waals surface area (Å²) in [7, 11) is 7.50. The average molecular weight is 535 g/mol. The van der Waals surface area contributed by atoms with Crippen molar-refractivity contribution in [1.82, 2.24) is 20.9 Å². The van der Waals surface area contributed by atoms with Gasteiger partial charge in [0, 0.05) is 32.2 Å². The number of halogens is 1. The summed E-state index contributed by atoms with van der Waals surface area (Å²) in [6, 6.07) is 8.15. The minimum Gasteiger partial charge on any atom is -0.496 e. The van der Waals surface area contributed by atoms with E-state index in [1.165, 1.54) is 0 Å². The Labute approximate surface area is 198 Å². The van der Waals surface area contributed by atoms with Gasteiger partial charge in [-0.3, -0.25) is 4.99 Å². The van der Waals surface area contributed by atoms with Crippen LogP contribution in [0.5, 0.6) is 5.75 Å². The summed E-state index contributed by atoms with van der Waals surface area (Å²) in [5.74, 6) is 1.58. The van der Waals surface area contributed by atoms with E-state index in [-0.39, 0.29) is 30.0 Å². The molecular weight excluding hydrogens is 497 g/mol. The van der Waals surface area contributed by atoms with Gasteiger partial charge in [0.1, 0.15) is 11.4 Å². The third-order valence-corrected chi connectivity index (χ3v) is 4.12. The molecule has 0 radical (unpaired) electrons. The zero-order chi connectivity index (χ0) is 21.9. The normalized spacial score (nSPS) is 12.6. The van der Waals surface area contributed by atoms with E-state index in [4.69, 9.17) is 9.47 Å². The highest BCUT2D eigenvalue weighted by Crippen LogP contribution is 2.27. The van der Waals surface area contributed by atoms with Crippen LogP contribution in [-0.2, 0) is 4.74 Å². The highest BCUT2D eigenvalue weighted by molar-refractivity contribution is 14.0. The molecule has 1 amide bonds. The third-order valence-electron chi connectivity index (χ3n) is 4.12. The van der Waals surface area contributed by atoms with E-state index >= 15 is 0 Å². The van der Waals surface area contributed by atoms with Crippen LogP contribution in [0.3, 0.4) is 0 Å². The number of methoxy groups -OCH3 is 1. The molecular formula is C21H38IN5O3. The predicted molar refractivity (Wildman–Crippen MR) is 133 cm³/mol. The van der Waals surface area contributed by atoms with Crippen LogP contribution in [0.25, 0.3) is 0 Å². The first-order chi connectivity index (χ1) is 13.7. The van der Waals surface area contributed by atoms with Crippen molar-refractivity contribution in [2.24, 2.45) is 4.99 Å². The van der Waals surface area contributed by atoms with E-state index < -0.39 is 11.7 Å². The molecule has 1 aromatic carbocycles. The smallest absolute Gasteiger partial charge is 0.407 e. The first kappa shape index (κ1) is 28.2. The standard InChI is InChI=1S/C21H37N5O3.HI/c1-21(2,3)29-20(27)24-14-10-13-23-19(22-4)25-15-17(26(5)6)16-11-8-9-12-18(16)28-7;/h8-9,11-12,17H,10,13-15H2,1-7H3,(H,24,27)(H2,22,23,25);1H. The van der Waals surface area contributed by atoms with Crippen molar-refractivity contribution in [2.75, 3.05) is 47.9 Å². The van der Waals surface area contributed by atoms with Crippen molar-refractivity contribution >= 4 is 36.0 Å². The lowest BCUT2D eigenvalue weighted by atomic mass is 10.0. The second-order valence-corrected chi connectivity index (χ2v) is 7.88. The summed E-state index contributed by atoms with van der Waals surface area (Å²) in [4.78, 5) is 18.0. The van der Waals surface area contributed by atoms with Gasteiger partial charge in [0.2, 0.25) is 0 Å². The van der Waals surface area contributed by atoms with E-state index in [9.17, 15) is 4.79 Å². The van der Waals surface area contributed by atoms with Crippen LogP contribution in [0.2, 0.25) is 0 Å². The van der Waals surface area contributed by atoms with Crippen LogP contribution in [0.4, 0.5) is 4.79 Å². The van der Waals surface area contributed by atoms with Crippen molar-refractivity contribution < 1.29 is 14.3 Å². The Kier molecular flexibility index (Phi) is 13.5. The van der Waals surface area contributed by atoms with E-state index in [0.717, 1.165) is 17.7 Å². The Morgan fingerprint density at radius 2 is 1.77 bits per heavy atom. The number of amides is 1. The lowest BCUT2D eigenvalue weighted by Gasteiger charge is -2.27. The van der Waals surface area contributed by atoms with Crippen molar-refractivity contribution in [1.29, 1.82) is 0 Å². The molecule has 3 N–H and O–H groups in total. The van der Waals surface area contributed by atoms with E-state index in [2.05, 4.69) is 31.9 Å². The van der Waals surface area contributed by atoms with Gasteiger partial charge in [-0.1, -0.05) is 18.2 Å². The summed E-state index contributed by atoms with van der Waals surface area (Å²) in [6.07, 6.45) is 0.356. The number of rotatable bonds is 9. The first-order valence-electron chi connectivity index (χ1n) is 9.88. The topological polar surface area (TPSA) is 87.2 Å². The highest BCUT2D eigenvalue weighted by atomic mass is 127. The molecule has 1 aromatic rings. The zero-order valence-corrected chi connectivity index (χ0v) is 21.6. The van der Waals surface area contributed by atoms with E-state index in [1.807, 2.05) is 53.1 Å². The van der Waals surface area contributed by atoms with Crippen LogP contribution in [0.1, 0.15) is 38.8 Å². The number of nitrogens with zero attached hydrogens (tertiary/aromatic N) is 2. The van der Waals surface area contributed by atoms with Crippen LogP contribution in [0, 0.1) is 0 Å². The summed E-state index contributed by atoms with van der Waals surface area (Å²) in [6.45, 7) is 7.40. The van der Waals surface area contributed by atoms with Gasteiger partial charge in [-0.25, -0.2) is 4.79 Å². The Balaban J connectivity index is 0.00000841. The van der Waals surface area contributed by atoms with Crippen LogP contribution >= 0.6 is 24.0 Å². The molecule has 0 aliphatic carbocycles. The zero-order valence-electron chi connectivity index (χ0n) is 19.2. The lowest BCUT2D eigenvalue weighted by Crippen LogP contribution is -2.42. The molecule has 1 rings (SSSR count). The monoisotopic (exact) mass is 535 g/mol. The SMILES string of the molecule is CN=C(NCCCNC(=O)OC(C)(C)C)NCC(c1ccccc1OC)N(C)C.I. The molecule has 172 valence electrons. The first-order valence-corrected chi connectivity index (χ1v) is 9.88. The molecule has 1 atom stereocenters. The Morgan fingerprint density at radius 3 is 2.33 bits per heavy atom. The second kappa shape index (κ2) is 14.3. The van der Waals surface area contributed by atoms with Gasteiger partial charge in [0.25, 0.3) is 0 Å². The molecule has 0 saturated carbocycles. The van der Waals surface area contributed by atoms with Gasteiger partial charge in [0.05, 0.1) is 13.2 Å². The quantitative estimate of drug-likeness (QED) is 0.195. The number of carbonyl (C=O) groups excluding carboxylic acids is 1. The molecule has 9 heteroatoms. The molecule has 1 unspecified atom stereocenters. The van der Waals surface area contributed by atoms with E-state index in [1.54, 1.807) is 14.2 Å². The summed E-state index contributed by atoms with van der Waals surface area (Å²) >= 11 is 0. The molecule has 0 aliphatic heterocycles. The minimum atomic E-state index is -0.487. The number of nitrogens with one attached hydrogen (secondary N) is 3. The molecule has 8 nitrogen and oxygen atoms in total. The van der Waals surface area contributed by atoms with Crippen molar-refractivity contribution in [2.45, 2.75) is 38.8 Å². The maximum Gasteiger partial charge on any atom is 0.407 e. The summed E-state index contributed by atoms with van der Waals surface area (Å²) in [5.41, 5.74) is 0.628. The summed E-state index contributed by atoms with van der Waals surface area (Å²) < 4.78 is 10.7. The van der Waals surface area contributed by atoms with Gasteiger partial charge in [-0.2, -0.15) is 0 Å². The fourth-order valence-electron chi connectivity index (χ4n) is 2.73. The molecule has 0 aromatic heterocycles. The van der Waals surface area contributed by atoms with Crippen LogP contribution < -0.4 is 20.7 Å². The number of likely N-dealkylation sites (N-methyl/N-ethyl adjacent to an activating group) is 1. The number of alkyl carbamates (subject to hydrolysis) is 1. The maximum atomic E-state index is 11.6. The molecule has 0 aliphatic rings. The number of hydrogen-bond donors (Lipinski definition) is 3. The van der Waals surface area contributed by atoms with Gasteiger partial charge in [-0.15, -0.1) is 24.0 Å².